The summed E-state index contributed by atoms with van der Waals surface area (Å²) in [6, 6.07) is 0. The molecule has 1 rings (SSSR count). The van der Waals surface area contributed by atoms with E-state index in [4.69, 9.17) is 5.73 Å². The van der Waals surface area contributed by atoms with Crippen LogP contribution in [0.4, 0.5) is 0 Å². The first kappa shape index (κ1) is 16.6. The minimum absolute atomic E-state index is 0.0931. The predicted molar refractivity (Wildman–Crippen MR) is 84.4 cm³/mol. The summed E-state index contributed by atoms with van der Waals surface area (Å²) in [5.74, 6) is 0. The first-order valence-corrected chi connectivity index (χ1v) is 8.35. The van der Waals surface area contributed by atoms with E-state index in [2.05, 4.69) is 36.2 Å². The van der Waals surface area contributed by atoms with Crippen LogP contribution in [0.3, 0.4) is 0 Å². The molecular formula is C15H29N3S. The van der Waals surface area contributed by atoms with Gasteiger partial charge in [0.1, 0.15) is 0 Å². The Morgan fingerprint density at radius 3 is 2.63 bits per heavy atom. The van der Waals surface area contributed by atoms with Gasteiger partial charge in [0.2, 0.25) is 0 Å². The molecule has 3 nitrogen and oxygen atoms in total. The van der Waals surface area contributed by atoms with Crippen molar-refractivity contribution < 1.29 is 0 Å². The first-order chi connectivity index (χ1) is 9.12. The highest BCUT2D eigenvalue weighted by molar-refractivity contribution is 7.07. The number of aromatic nitrogens is 1. The van der Waals surface area contributed by atoms with E-state index >= 15 is 0 Å². The molecule has 1 aromatic heterocycles. The summed E-state index contributed by atoms with van der Waals surface area (Å²) in [6.07, 6.45) is 7.79. The minimum Gasteiger partial charge on any atom is -0.329 e. The molecule has 1 unspecified atom stereocenters. The third-order valence-corrected chi connectivity index (χ3v) is 4.70. The normalized spacial score (nSPS) is 14.8. The Labute approximate surface area is 122 Å². The van der Waals surface area contributed by atoms with Crippen LogP contribution in [0, 0.1) is 0 Å². The smallest absolute Gasteiger partial charge is 0.0795 e. The lowest BCUT2D eigenvalue weighted by Gasteiger charge is -2.38. The fourth-order valence-corrected chi connectivity index (χ4v) is 2.86. The van der Waals surface area contributed by atoms with Gasteiger partial charge >= 0.3 is 0 Å². The minimum atomic E-state index is 0.0931. The van der Waals surface area contributed by atoms with Gasteiger partial charge in [-0.25, -0.2) is 4.98 Å². The summed E-state index contributed by atoms with van der Waals surface area (Å²) < 4.78 is 0. The van der Waals surface area contributed by atoms with Crippen LogP contribution in [0.25, 0.3) is 0 Å². The summed E-state index contributed by atoms with van der Waals surface area (Å²) in [5.41, 5.74) is 9.16. The van der Waals surface area contributed by atoms with Crippen molar-refractivity contribution >= 4 is 11.3 Å². The Morgan fingerprint density at radius 1 is 1.32 bits per heavy atom. The average molecular weight is 283 g/mol. The van der Waals surface area contributed by atoms with Gasteiger partial charge in [0, 0.05) is 24.0 Å². The molecule has 1 atom stereocenters. The molecule has 0 aliphatic heterocycles. The van der Waals surface area contributed by atoms with E-state index in [1.807, 2.05) is 5.51 Å². The molecule has 0 saturated carbocycles. The molecule has 4 heteroatoms. The Morgan fingerprint density at radius 2 is 2.05 bits per heavy atom. The standard InChI is InChI=1S/C15H29N3S/c1-4-5-6-7-8-9-15(2,12-16)18(3)10-14-11-19-13-17-14/h11,13H,4-10,12,16H2,1-3H3. The van der Waals surface area contributed by atoms with E-state index in [-0.39, 0.29) is 5.54 Å². The van der Waals surface area contributed by atoms with Crippen LogP contribution in [0.5, 0.6) is 0 Å². The van der Waals surface area contributed by atoms with Gasteiger partial charge in [-0.2, -0.15) is 0 Å². The van der Waals surface area contributed by atoms with Crippen LogP contribution < -0.4 is 5.73 Å². The molecule has 0 aliphatic carbocycles. The zero-order chi connectivity index (χ0) is 14.1. The lowest BCUT2D eigenvalue weighted by molar-refractivity contribution is 0.121. The fourth-order valence-electron chi connectivity index (χ4n) is 2.31. The number of thiazole rings is 1. The number of nitrogens with two attached hydrogens (primary N) is 1. The van der Waals surface area contributed by atoms with Crippen molar-refractivity contribution in [1.82, 2.24) is 9.88 Å². The van der Waals surface area contributed by atoms with Gasteiger partial charge in [0.15, 0.2) is 0 Å². The molecule has 0 fully saturated rings. The quantitative estimate of drug-likeness (QED) is 0.666. The summed E-state index contributed by atoms with van der Waals surface area (Å²) >= 11 is 1.66. The van der Waals surface area contributed by atoms with Gasteiger partial charge in [-0.15, -0.1) is 11.3 Å². The Hall–Kier alpha value is -0.450. The largest absolute Gasteiger partial charge is 0.329 e. The molecule has 2 N–H and O–H groups in total. The van der Waals surface area contributed by atoms with Gasteiger partial charge in [0.25, 0.3) is 0 Å². The second-order valence-corrected chi connectivity index (χ2v) is 6.42. The maximum atomic E-state index is 6.02. The van der Waals surface area contributed by atoms with E-state index in [9.17, 15) is 0 Å². The molecule has 110 valence electrons. The molecule has 0 radical (unpaired) electrons. The summed E-state index contributed by atoms with van der Waals surface area (Å²) in [7, 11) is 2.16. The molecule has 19 heavy (non-hydrogen) atoms. The maximum Gasteiger partial charge on any atom is 0.0795 e. The van der Waals surface area contributed by atoms with Crippen molar-refractivity contribution in [3.05, 3.63) is 16.6 Å². The van der Waals surface area contributed by atoms with Crippen molar-refractivity contribution in [3.8, 4) is 0 Å². The van der Waals surface area contributed by atoms with E-state index in [0.717, 1.165) is 12.2 Å². The average Bonchev–Trinajstić information content (AvgIpc) is 2.91. The number of nitrogens with zero attached hydrogens (tertiary/aromatic N) is 2. The number of unbranched alkanes of at least 4 members (excludes halogenated alkanes) is 4. The predicted octanol–water partition coefficient (Wildman–Crippen LogP) is 3.65. The number of rotatable bonds is 10. The van der Waals surface area contributed by atoms with E-state index < -0.39 is 0 Å². The Bertz CT molecular complexity index is 326. The molecule has 0 bridgehead atoms. The number of hydrogen-bond acceptors (Lipinski definition) is 4. The van der Waals surface area contributed by atoms with Crippen LogP contribution in [0.2, 0.25) is 0 Å². The summed E-state index contributed by atoms with van der Waals surface area (Å²) in [6.45, 7) is 6.14. The first-order valence-electron chi connectivity index (χ1n) is 7.40. The molecule has 1 aromatic rings. The van der Waals surface area contributed by atoms with E-state index in [0.29, 0.717) is 6.54 Å². The highest BCUT2D eigenvalue weighted by Gasteiger charge is 2.27. The zero-order valence-electron chi connectivity index (χ0n) is 12.7. The summed E-state index contributed by atoms with van der Waals surface area (Å²) in [5, 5.41) is 2.12. The van der Waals surface area contributed by atoms with Gasteiger partial charge in [-0.3, -0.25) is 4.90 Å². The zero-order valence-corrected chi connectivity index (χ0v) is 13.5. The molecule has 0 amide bonds. The van der Waals surface area contributed by atoms with Crippen molar-refractivity contribution in [2.24, 2.45) is 5.73 Å². The van der Waals surface area contributed by atoms with Gasteiger partial charge in [-0.1, -0.05) is 39.0 Å². The van der Waals surface area contributed by atoms with Crippen LogP contribution >= 0.6 is 11.3 Å². The molecular weight excluding hydrogens is 254 g/mol. The number of hydrogen-bond donors (Lipinski definition) is 1. The van der Waals surface area contributed by atoms with Crippen molar-refractivity contribution in [1.29, 1.82) is 0 Å². The van der Waals surface area contributed by atoms with Crippen LogP contribution in [-0.4, -0.2) is 29.0 Å². The highest BCUT2D eigenvalue weighted by atomic mass is 32.1. The summed E-state index contributed by atoms with van der Waals surface area (Å²) in [4.78, 5) is 6.72. The molecule has 0 aliphatic rings. The Balaban J connectivity index is 2.39. The van der Waals surface area contributed by atoms with Gasteiger partial charge in [-0.05, 0) is 20.4 Å². The fraction of sp³-hybridized carbons (Fsp3) is 0.800. The van der Waals surface area contributed by atoms with Crippen molar-refractivity contribution in [3.63, 3.8) is 0 Å². The van der Waals surface area contributed by atoms with E-state index in [1.54, 1.807) is 11.3 Å². The lowest BCUT2D eigenvalue weighted by Crippen LogP contribution is -2.49. The SMILES string of the molecule is CCCCCCCC(C)(CN)N(C)Cc1cscn1. The lowest BCUT2D eigenvalue weighted by atomic mass is 9.92. The Kier molecular flexibility index (Phi) is 7.57. The number of likely N-dealkylation sites (N-methyl/N-ethyl adjacent to an activating group) is 1. The molecule has 1 heterocycles. The van der Waals surface area contributed by atoms with Gasteiger partial charge < -0.3 is 5.73 Å². The van der Waals surface area contributed by atoms with Crippen molar-refractivity contribution in [2.45, 2.75) is 64.5 Å². The van der Waals surface area contributed by atoms with Gasteiger partial charge in [0.05, 0.1) is 11.2 Å². The highest BCUT2D eigenvalue weighted by Crippen LogP contribution is 2.22. The monoisotopic (exact) mass is 283 g/mol. The molecule has 0 aromatic carbocycles. The van der Waals surface area contributed by atoms with Crippen LogP contribution in [-0.2, 0) is 6.54 Å². The van der Waals surface area contributed by atoms with E-state index in [1.165, 1.54) is 38.5 Å². The van der Waals surface area contributed by atoms with Crippen molar-refractivity contribution in [2.75, 3.05) is 13.6 Å². The third kappa shape index (κ3) is 5.59. The topological polar surface area (TPSA) is 42.1 Å². The second-order valence-electron chi connectivity index (χ2n) is 5.70. The maximum absolute atomic E-state index is 6.02. The van der Waals surface area contributed by atoms with Crippen LogP contribution in [0.15, 0.2) is 10.9 Å². The molecule has 0 saturated heterocycles. The molecule has 0 spiro atoms. The second kappa shape index (κ2) is 8.67. The van der Waals surface area contributed by atoms with Crippen LogP contribution in [0.1, 0.15) is 58.1 Å². The third-order valence-electron chi connectivity index (χ3n) is 4.06.